The summed E-state index contributed by atoms with van der Waals surface area (Å²) in [5.74, 6) is 0.0793. The van der Waals surface area contributed by atoms with E-state index in [1.54, 1.807) is 18.2 Å². The SMILES string of the molecule is N#C/C(=C\c1ccc(OCc2ccccc2Cl)c(Br)c1)C(=O)Nc1sc2c(c1C#N)CCCC2. The first-order chi connectivity index (χ1) is 16.5. The van der Waals surface area contributed by atoms with E-state index >= 15 is 0 Å². The van der Waals surface area contributed by atoms with Crippen LogP contribution in [0.5, 0.6) is 5.75 Å². The number of thiophene rings is 1. The first-order valence-electron chi connectivity index (χ1n) is 10.6. The molecule has 4 rings (SSSR count). The topological polar surface area (TPSA) is 85.9 Å². The maximum absolute atomic E-state index is 12.8. The Labute approximate surface area is 215 Å². The standard InChI is InChI=1S/C26H19BrClN3O2S/c27-21-12-16(9-10-23(21)33-15-17-5-1-3-7-22(17)28)11-18(13-29)25(32)31-26-20(14-30)19-6-2-4-8-24(19)34-26/h1,3,5,7,9-12H,2,4,6,8,15H2,(H,31,32)/b18-11+. The van der Waals surface area contributed by atoms with Crippen molar-refractivity contribution >= 4 is 55.9 Å². The second kappa shape index (κ2) is 10.9. The third-order valence-electron chi connectivity index (χ3n) is 5.48. The Morgan fingerprint density at radius 2 is 2.00 bits per heavy atom. The molecule has 0 bridgehead atoms. The summed E-state index contributed by atoms with van der Waals surface area (Å²) in [6, 6.07) is 17.0. The van der Waals surface area contributed by atoms with Crippen LogP contribution < -0.4 is 10.1 Å². The smallest absolute Gasteiger partial charge is 0.266 e. The fourth-order valence-electron chi connectivity index (χ4n) is 3.75. The second-order valence-electron chi connectivity index (χ2n) is 7.72. The van der Waals surface area contributed by atoms with Gasteiger partial charge in [0.1, 0.15) is 35.1 Å². The summed E-state index contributed by atoms with van der Waals surface area (Å²) in [5, 5.41) is 23.1. The number of carbonyl (C=O) groups excluding carboxylic acids is 1. The van der Waals surface area contributed by atoms with Gasteiger partial charge in [0.2, 0.25) is 0 Å². The van der Waals surface area contributed by atoms with Gasteiger partial charge in [0, 0.05) is 15.5 Å². The molecule has 2 aromatic carbocycles. The molecule has 1 aliphatic carbocycles. The molecule has 1 amide bonds. The van der Waals surface area contributed by atoms with Crippen molar-refractivity contribution in [3.05, 3.63) is 84.7 Å². The summed E-state index contributed by atoms with van der Waals surface area (Å²) in [5.41, 5.74) is 3.04. The highest BCUT2D eigenvalue weighted by Gasteiger charge is 2.22. The normalized spacial score (nSPS) is 12.9. The number of amides is 1. The third kappa shape index (κ3) is 5.34. The fraction of sp³-hybridized carbons (Fsp3) is 0.192. The van der Waals surface area contributed by atoms with Crippen molar-refractivity contribution in [1.29, 1.82) is 10.5 Å². The minimum absolute atomic E-state index is 0.0492. The number of anilines is 1. The van der Waals surface area contributed by atoms with Gasteiger partial charge >= 0.3 is 0 Å². The van der Waals surface area contributed by atoms with Crippen molar-refractivity contribution in [3.63, 3.8) is 0 Å². The average Bonchev–Trinajstić information content (AvgIpc) is 3.19. The van der Waals surface area contributed by atoms with E-state index in [4.69, 9.17) is 16.3 Å². The number of hydrogen-bond donors (Lipinski definition) is 1. The van der Waals surface area contributed by atoms with Crippen molar-refractivity contribution in [2.75, 3.05) is 5.32 Å². The number of halogens is 2. The molecule has 170 valence electrons. The first-order valence-corrected chi connectivity index (χ1v) is 12.6. The highest BCUT2D eigenvalue weighted by Crippen LogP contribution is 2.38. The van der Waals surface area contributed by atoms with Crippen LogP contribution in [0.1, 0.15) is 40.0 Å². The molecule has 0 saturated heterocycles. The summed E-state index contributed by atoms with van der Waals surface area (Å²) >= 11 is 11.1. The van der Waals surface area contributed by atoms with Crippen LogP contribution in [0, 0.1) is 22.7 Å². The van der Waals surface area contributed by atoms with E-state index < -0.39 is 5.91 Å². The summed E-state index contributed by atoms with van der Waals surface area (Å²) in [4.78, 5) is 14.0. The number of nitrogens with one attached hydrogen (secondary N) is 1. The summed E-state index contributed by atoms with van der Waals surface area (Å²) < 4.78 is 6.54. The molecular weight excluding hydrogens is 534 g/mol. The molecule has 0 radical (unpaired) electrons. The van der Waals surface area contributed by atoms with Gasteiger partial charge in [-0.1, -0.05) is 35.9 Å². The minimum Gasteiger partial charge on any atom is -0.488 e. The zero-order chi connectivity index (χ0) is 24.1. The Balaban J connectivity index is 1.49. The second-order valence-corrected chi connectivity index (χ2v) is 10.1. The zero-order valence-electron chi connectivity index (χ0n) is 18.0. The molecule has 5 nitrogen and oxygen atoms in total. The lowest BCUT2D eigenvalue weighted by Crippen LogP contribution is -2.13. The molecule has 34 heavy (non-hydrogen) atoms. The molecule has 0 spiro atoms. The highest BCUT2D eigenvalue weighted by atomic mass is 79.9. The van der Waals surface area contributed by atoms with Gasteiger partial charge in [-0.05, 0) is 77.0 Å². The largest absolute Gasteiger partial charge is 0.488 e. The van der Waals surface area contributed by atoms with E-state index in [-0.39, 0.29) is 5.57 Å². The van der Waals surface area contributed by atoms with E-state index in [0.29, 0.717) is 38.0 Å². The molecule has 1 aliphatic rings. The lowest BCUT2D eigenvalue weighted by atomic mass is 9.96. The van der Waals surface area contributed by atoms with Gasteiger partial charge in [-0.15, -0.1) is 11.3 Å². The molecular formula is C26H19BrClN3O2S. The average molecular weight is 553 g/mol. The van der Waals surface area contributed by atoms with E-state index in [1.807, 2.05) is 30.3 Å². The number of nitrogens with zero attached hydrogens (tertiary/aromatic N) is 2. The van der Waals surface area contributed by atoms with E-state index in [9.17, 15) is 15.3 Å². The summed E-state index contributed by atoms with van der Waals surface area (Å²) in [6.07, 6.45) is 5.41. The van der Waals surface area contributed by atoms with Crippen molar-refractivity contribution < 1.29 is 9.53 Å². The predicted octanol–water partition coefficient (Wildman–Crippen LogP) is 7.04. The maximum atomic E-state index is 12.8. The van der Waals surface area contributed by atoms with Crippen molar-refractivity contribution in [1.82, 2.24) is 0 Å². The van der Waals surface area contributed by atoms with Crippen LogP contribution in [-0.2, 0) is 24.2 Å². The van der Waals surface area contributed by atoms with Gasteiger partial charge in [0.25, 0.3) is 5.91 Å². The number of nitriles is 2. The van der Waals surface area contributed by atoms with Crippen LogP contribution in [0.25, 0.3) is 6.08 Å². The van der Waals surface area contributed by atoms with Gasteiger partial charge in [0.15, 0.2) is 0 Å². The van der Waals surface area contributed by atoms with Crippen LogP contribution in [-0.4, -0.2) is 5.91 Å². The van der Waals surface area contributed by atoms with E-state index in [1.165, 1.54) is 17.4 Å². The number of hydrogen-bond acceptors (Lipinski definition) is 5. The van der Waals surface area contributed by atoms with Crippen molar-refractivity contribution in [2.24, 2.45) is 0 Å². The zero-order valence-corrected chi connectivity index (χ0v) is 21.2. The molecule has 0 fully saturated rings. The molecule has 0 aliphatic heterocycles. The fourth-order valence-corrected chi connectivity index (χ4v) is 5.69. The van der Waals surface area contributed by atoms with Gasteiger partial charge < -0.3 is 10.1 Å². The third-order valence-corrected chi connectivity index (χ3v) is 7.68. The lowest BCUT2D eigenvalue weighted by molar-refractivity contribution is -0.112. The quantitative estimate of drug-likeness (QED) is 0.262. The predicted molar refractivity (Wildman–Crippen MR) is 138 cm³/mol. The monoisotopic (exact) mass is 551 g/mol. The number of rotatable bonds is 6. The van der Waals surface area contributed by atoms with Gasteiger partial charge in [0.05, 0.1) is 10.0 Å². The van der Waals surface area contributed by atoms with Crippen molar-refractivity contribution in [3.8, 4) is 17.9 Å². The number of benzene rings is 2. The summed E-state index contributed by atoms with van der Waals surface area (Å²) in [6.45, 7) is 0.311. The Hall–Kier alpha value is -3.10. The Bertz CT molecular complexity index is 1370. The molecule has 0 atom stereocenters. The van der Waals surface area contributed by atoms with Gasteiger partial charge in [-0.2, -0.15) is 10.5 Å². The molecule has 8 heteroatoms. The Morgan fingerprint density at radius 1 is 1.21 bits per heavy atom. The van der Waals surface area contributed by atoms with E-state index in [0.717, 1.165) is 41.7 Å². The minimum atomic E-state index is -0.534. The van der Waals surface area contributed by atoms with Crippen LogP contribution in [0.2, 0.25) is 5.02 Å². The number of ether oxygens (including phenoxy) is 1. The molecule has 1 N–H and O–H groups in total. The Morgan fingerprint density at radius 3 is 2.74 bits per heavy atom. The van der Waals surface area contributed by atoms with Crippen LogP contribution in [0.3, 0.4) is 0 Å². The Kier molecular flexibility index (Phi) is 7.70. The molecule has 0 unspecified atom stereocenters. The number of fused-ring (bicyclic) bond motifs is 1. The van der Waals surface area contributed by atoms with Gasteiger partial charge in [-0.25, -0.2) is 0 Å². The molecule has 1 heterocycles. The first kappa shape index (κ1) is 24.0. The molecule has 1 aromatic heterocycles. The highest BCUT2D eigenvalue weighted by molar-refractivity contribution is 9.10. The van der Waals surface area contributed by atoms with Crippen LogP contribution >= 0.6 is 38.9 Å². The van der Waals surface area contributed by atoms with E-state index in [2.05, 4.69) is 27.3 Å². The van der Waals surface area contributed by atoms with Gasteiger partial charge in [-0.3, -0.25) is 4.79 Å². The molecule has 0 saturated carbocycles. The number of carbonyl (C=O) groups is 1. The lowest BCUT2D eigenvalue weighted by Gasteiger charge is -2.10. The van der Waals surface area contributed by atoms with Crippen LogP contribution in [0.15, 0.2) is 52.5 Å². The maximum Gasteiger partial charge on any atom is 0.266 e. The number of aryl methyl sites for hydroxylation is 1. The van der Waals surface area contributed by atoms with Crippen LogP contribution in [0.4, 0.5) is 5.00 Å². The van der Waals surface area contributed by atoms with Crippen molar-refractivity contribution in [2.45, 2.75) is 32.3 Å². The summed E-state index contributed by atoms with van der Waals surface area (Å²) in [7, 11) is 0. The molecule has 3 aromatic rings.